The largest absolute Gasteiger partial charge is 0.493 e. The number of fused-ring (bicyclic) bond motifs is 8. The Kier molecular flexibility index (Phi) is 13.8. The van der Waals surface area contributed by atoms with E-state index in [1.165, 1.54) is 14.2 Å². The molecule has 18 heteroatoms. The van der Waals surface area contributed by atoms with Gasteiger partial charge in [-0.2, -0.15) is 0 Å². The molecule has 5 aromatic carbocycles. The van der Waals surface area contributed by atoms with E-state index >= 15 is 0 Å². The number of methoxy groups -OCH3 is 2. The summed E-state index contributed by atoms with van der Waals surface area (Å²) in [5, 5.41) is 32.2. The zero-order valence-electron chi connectivity index (χ0n) is 39.4. The second kappa shape index (κ2) is 20.0. The molecule has 0 saturated heterocycles. The zero-order chi connectivity index (χ0) is 49.4. The first kappa shape index (κ1) is 48.4. The van der Waals surface area contributed by atoms with Gasteiger partial charge in [0.15, 0.2) is 23.0 Å². The number of carbonyl (C=O) groups excluding carboxylic acids is 4. The minimum absolute atomic E-state index is 0.00145. The van der Waals surface area contributed by atoms with Crippen LogP contribution in [0.5, 0.6) is 23.0 Å². The van der Waals surface area contributed by atoms with Crippen molar-refractivity contribution in [2.75, 3.05) is 40.0 Å². The molecule has 7 N–H and O–H groups in total. The lowest BCUT2D eigenvalue weighted by Gasteiger charge is -2.26. The predicted octanol–water partition coefficient (Wildman–Crippen LogP) is 7.64. The smallest absolute Gasteiger partial charge is 0.260 e. The van der Waals surface area contributed by atoms with Gasteiger partial charge in [-0.05, 0) is 97.8 Å². The lowest BCUT2D eigenvalue weighted by molar-refractivity contribution is -0.118. The fraction of sp³-hybridized carbons (Fsp3) is 0.346. The summed E-state index contributed by atoms with van der Waals surface area (Å²) in [6.45, 7) is 6.01. The van der Waals surface area contributed by atoms with Crippen LogP contribution in [-0.2, 0) is 35.6 Å². The van der Waals surface area contributed by atoms with E-state index in [1.54, 1.807) is 67.8 Å². The van der Waals surface area contributed by atoms with Crippen molar-refractivity contribution in [2.24, 2.45) is 5.73 Å². The number of benzene rings is 5. The van der Waals surface area contributed by atoms with Crippen LogP contribution in [0.25, 0.3) is 0 Å². The monoisotopic (exact) mass is 988 g/mol. The Balaban J connectivity index is 0.970. The molecule has 5 aromatic rings. The number of nitrogens with zero attached hydrogens (tertiary/aromatic N) is 2. The number of anilines is 5. The van der Waals surface area contributed by atoms with E-state index in [2.05, 4.69) is 16.0 Å². The van der Waals surface area contributed by atoms with E-state index in [0.717, 1.165) is 22.5 Å². The average molecular weight is 989 g/mol. The standard InChI is InChI=1S/C52H56N6O10S2/c1-28(14-15-46(53)59)69-70-52(2,3)25-47(60)54-33-17-29(26-67-44-23-36-34(21-42(44)65-4)50(63)57-38-12-8-6-10-31(38)19-40(57)48(61)55-36)16-30(18-33)27-68-45-24-37-35(22-43(45)66-5)51(64)58-39-13-9-7-11-32(39)20-41(58)49(62)56-37/h6-13,16-18,21-24,28,40-41,48-49,55-56,61-62H,14-15,19-20,25-27H2,1-5H3,(H2,53,59)(H,54,60)/t28?,40-,41-,48?,49?/m0/s1. The van der Waals surface area contributed by atoms with Gasteiger partial charge in [-0.3, -0.25) is 19.2 Å². The van der Waals surface area contributed by atoms with Crippen molar-refractivity contribution in [3.63, 3.8) is 0 Å². The summed E-state index contributed by atoms with van der Waals surface area (Å²) in [5.41, 5.74) is 12.0. The van der Waals surface area contributed by atoms with Gasteiger partial charge in [0.05, 0.1) is 48.8 Å². The van der Waals surface area contributed by atoms with Crippen molar-refractivity contribution in [2.45, 2.75) is 101 Å². The second-order valence-corrected chi connectivity index (χ2v) is 21.9. The number of nitrogens with one attached hydrogen (secondary N) is 3. The van der Waals surface area contributed by atoms with Crippen molar-refractivity contribution in [1.82, 2.24) is 0 Å². The van der Waals surface area contributed by atoms with E-state index in [0.29, 0.717) is 88.0 Å². The Hall–Kier alpha value is -6.60. The Morgan fingerprint density at radius 2 is 1.24 bits per heavy atom. The highest BCUT2D eigenvalue weighted by Crippen LogP contribution is 2.45. The van der Waals surface area contributed by atoms with E-state index in [1.807, 2.05) is 75.4 Å². The summed E-state index contributed by atoms with van der Waals surface area (Å²) >= 11 is 0. The van der Waals surface area contributed by atoms with Gasteiger partial charge in [-0.25, -0.2) is 0 Å². The SMILES string of the molecule is COc1cc2c(cc1OCc1cc(COc3cc4c(cc3OC)C(=O)N3c5ccccc5C[C@H]3C(O)N4)cc(NC(=O)CC(C)(C)SSC(C)CCC(N)=O)c1)NC(O)[C@@H]1Cc3ccccc3N1C2=O. The molecule has 9 rings (SSSR count). The van der Waals surface area contributed by atoms with Crippen LogP contribution in [-0.4, -0.2) is 82.6 Å². The first-order chi connectivity index (χ1) is 33.6. The molecular formula is C52H56N6O10S2. The number of rotatable bonds is 17. The van der Waals surface area contributed by atoms with Crippen molar-refractivity contribution >= 4 is 73.7 Å². The van der Waals surface area contributed by atoms with Crippen LogP contribution in [0.2, 0.25) is 0 Å². The fourth-order valence-corrected chi connectivity index (χ4v) is 12.0. The fourth-order valence-electron chi connectivity index (χ4n) is 9.43. The van der Waals surface area contributed by atoms with Gasteiger partial charge >= 0.3 is 0 Å². The van der Waals surface area contributed by atoms with Crippen LogP contribution in [0.15, 0.2) is 91.0 Å². The predicted molar refractivity (Wildman–Crippen MR) is 272 cm³/mol. The Morgan fingerprint density at radius 1 is 0.757 bits per heavy atom. The van der Waals surface area contributed by atoms with E-state index in [4.69, 9.17) is 24.7 Å². The van der Waals surface area contributed by atoms with Crippen LogP contribution in [0, 0.1) is 0 Å². The van der Waals surface area contributed by atoms with Crippen molar-refractivity contribution < 1.29 is 48.3 Å². The molecule has 0 spiro atoms. The number of para-hydroxylation sites is 2. The molecule has 0 aromatic heterocycles. The third-order valence-corrected chi connectivity index (χ3v) is 16.7. The highest BCUT2D eigenvalue weighted by atomic mass is 33.1. The first-order valence-corrected chi connectivity index (χ1v) is 25.3. The Bertz CT molecular complexity index is 2700. The third kappa shape index (κ3) is 10.0. The topological polar surface area (TPSA) is 214 Å². The molecule has 366 valence electrons. The number of ether oxygens (including phenoxy) is 4. The minimum atomic E-state index is -1.07. The van der Waals surface area contributed by atoms with E-state index in [-0.39, 0.29) is 48.5 Å². The Labute approximate surface area is 414 Å². The van der Waals surface area contributed by atoms with Gasteiger partial charge < -0.3 is 60.6 Å². The number of amides is 4. The number of hydrogen-bond acceptors (Lipinski definition) is 14. The lowest BCUT2D eigenvalue weighted by atomic mass is 10.1. The van der Waals surface area contributed by atoms with E-state index in [9.17, 15) is 29.4 Å². The summed E-state index contributed by atoms with van der Waals surface area (Å²) in [4.78, 5) is 56.6. The number of aliphatic hydroxyl groups is 2. The molecule has 0 fully saturated rings. The lowest BCUT2D eigenvalue weighted by Crippen LogP contribution is -2.45. The van der Waals surface area contributed by atoms with Gasteiger partial charge in [0.2, 0.25) is 11.8 Å². The maximum Gasteiger partial charge on any atom is 0.260 e. The molecule has 3 unspecified atom stereocenters. The van der Waals surface area contributed by atoms with Crippen molar-refractivity contribution in [3.8, 4) is 23.0 Å². The quantitative estimate of drug-likeness (QED) is 0.0495. The zero-order valence-corrected chi connectivity index (χ0v) is 41.1. The van der Waals surface area contributed by atoms with Gasteiger partial charge in [0.25, 0.3) is 11.8 Å². The normalized spacial score (nSPS) is 19.1. The summed E-state index contributed by atoms with van der Waals surface area (Å²) in [7, 11) is 6.17. The maximum atomic E-state index is 14.1. The summed E-state index contributed by atoms with van der Waals surface area (Å²) < 4.78 is 23.9. The van der Waals surface area contributed by atoms with Crippen molar-refractivity contribution in [1.29, 1.82) is 0 Å². The van der Waals surface area contributed by atoms with Crippen molar-refractivity contribution in [3.05, 3.63) is 124 Å². The molecule has 5 atom stereocenters. The number of carbonyl (C=O) groups is 4. The minimum Gasteiger partial charge on any atom is -0.493 e. The average Bonchev–Trinajstić information content (AvgIpc) is 3.88. The number of hydrogen-bond donors (Lipinski definition) is 6. The first-order valence-electron chi connectivity index (χ1n) is 23.1. The van der Waals surface area contributed by atoms with Gasteiger partial charge in [0, 0.05) is 52.0 Å². The third-order valence-electron chi connectivity index (χ3n) is 12.8. The molecule has 4 aliphatic heterocycles. The molecule has 0 bridgehead atoms. The summed E-state index contributed by atoms with van der Waals surface area (Å²) in [5.74, 6) is 0.120. The molecule has 4 amide bonds. The van der Waals surface area contributed by atoms with Gasteiger partial charge in [-0.1, -0.05) is 64.9 Å². The summed E-state index contributed by atoms with van der Waals surface area (Å²) in [6, 6.07) is 26.2. The number of primary amides is 1. The molecule has 0 saturated carbocycles. The highest BCUT2D eigenvalue weighted by molar-refractivity contribution is 8.77. The van der Waals surface area contributed by atoms with Gasteiger partial charge in [-0.15, -0.1) is 0 Å². The number of nitrogens with two attached hydrogens (primary N) is 1. The van der Waals surface area contributed by atoms with Crippen LogP contribution < -0.4 is 50.4 Å². The Morgan fingerprint density at radius 3 is 1.71 bits per heavy atom. The molecule has 16 nitrogen and oxygen atoms in total. The van der Waals surface area contributed by atoms with Crippen LogP contribution in [0.3, 0.4) is 0 Å². The molecule has 0 radical (unpaired) electrons. The molecule has 4 heterocycles. The maximum absolute atomic E-state index is 14.1. The van der Waals surface area contributed by atoms with Crippen LogP contribution >= 0.6 is 21.6 Å². The molecule has 4 aliphatic rings. The summed E-state index contributed by atoms with van der Waals surface area (Å²) in [6.07, 6.45) is -0.0384. The highest BCUT2D eigenvalue weighted by Gasteiger charge is 2.44. The van der Waals surface area contributed by atoms with Gasteiger partial charge in [0.1, 0.15) is 25.7 Å². The molecule has 0 aliphatic carbocycles. The number of aliphatic hydroxyl groups excluding tert-OH is 2. The van der Waals surface area contributed by atoms with E-state index < -0.39 is 29.3 Å². The van der Waals surface area contributed by atoms with Crippen LogP contribution in [0.1, 0.15) is 83.0 Å². The molecular weight excluding hydrogens is 933 g/mol. The second-order valence-electron chi connectivity index (χ2n) is 18.5. The molecule has 70 heavy (non-hydrogen) atoms. The van der Waals surface area contributed by atoms with Crippen LogP contribution in [0.4, 0.5) is 28.4 Å².